The van der Waals surface area contributed by atoms with E-state index in [2.05, 4.69) is 53.5 Å². The van der Waals surface area contributed by atoms with E-state index in [1.54, 1.807) is 0 Å². The Labute approximate surface area is 128 Å². The molecule has 0 aliphatic carbocycles. The first-order valence-corrected chi connectivity index (χ1v) is 7.57. The second-order valence-electron chi connectivity index (χ2n) is 5.00. The number of halogens is 1. The maximum absolute atomic E-state index is 8.49. The number of aromatic nitrogens is 4. The van der Waals surface area contributed by atoms with Crippen LogP contribution in [0.3, 0.4) is 0 Å². The van der Waals surface area contributed by atoms with Gasteiger partial charge in [0, 0.05) is 17.2 Å². The van der Waals surface area contributed by atoms with Crippen molar-refractivity contribution in [2.24, 2.45) is 0 Å². The molecule has 0 aliphatic rings. The van der Waals surface area contributed by atoms with Gasteiger partial charge in [0.05, 0.1) is 11.4 Å². The second kappa shape index (κ2) is 5.75. The third-order valence-corrected chi connectivity index (χ3v) is 3.01. The molecule has 22 heavy (non-hydrogen) atoms. The molecule has 3 heterocycles. The van der Waals surface area contributed by atoms with Crippen LogP contribution in [-0.2, 0) is 0 Å². The van der Waals surface area contributed by atoms with E-state index in [-0.39, 0.29) is 0 Å². The fraction of sp³-hybridized carbons (Fsp3) is 0.308. The Morgan fingerprint density at radius 3 is 2.18 bits per heavy atom. The minimum atomic E-state index is -4.94. The summed E-state index contributed by atoms with van der Waals surface area (Å²) < 4.78 is 38.0. The van der Waals surface area contributed by atoms with Crippen LogP contribution in [0.15, 0.2) is 18.2 Å². The third kappa shape index (κ3) is 3.67. The van der Waals surface area contributed by atoms with Crippen molar-refractivity contribution in [2.45, 2.75) is 27.7 Å². The van der Waals surface area contributed by atoms with Crippen LogP contribution in [0, 0.1) is 37.9 Å². The number of pyridine rings is 1. The maximum Gasteiger partial charge on any atom is 0.420 e. The van der Waals surface area contributed by atoms with Gasteiger partial charge in [0.15, 0.2) is 0 Å². The van der Waals surface area contributed by atoms with Crippen molar-refractivity contribution >= 4 is 11.4 Å². The lowest BCUT2D eigenvalue weighted by Gasteiger charge is -2.17. The molecular weight excluding hydrogens is 312 g/mol. The number of rotatable bonds is 0. The number of fused-ring (bicyclic) bond motifs is 3. The molecule has 3 aromatic heterocycles. The Balaban J connectivity index is 0.000000309. The Bertz CT molecular complexity index is 836. The fourth-order valence-corrected chi connectivity index (χ4v) is 2.37. The van der Waals surface area contributed by atoms with Crippen LogP contribution in [0.4, 0.5) is 0 Å². The molecule has 9 heteroatoms. The average molecular weight is 327 g/mol. The number of hydrogen-bond acceptors (Lipinski definition) is 6. The molecule has 0 saturated heterocycles. The molecule has 0 bridgehead atoms. The first kappa shape index (κ1) is 16.5. The standard InChI is InChI=1S/C13H15N4.ClHO4/c1-8-5-11(4)17-12(6-8)16-10(3)7-9(2)14-13(16)15-17;2-1(3,4)5/h5-7H,1-4H3;(H,2,3,4,5)/q+1;/p-1. The van der Waals surface area contributed by atoms with Gasteiger partial charge >= 0.3 is 5.78 Å². The van der Waals surface area contributed by atoms with Gasteiger partial charge in [-0.3, -0.25) is 0 Å². The van der Waals surface area contributed by atoms with E-state index >= 15 is 0 Å². The lowest BCUT2D eigenvalue weighted by atomic mass is 10.2. The highest BCUT2D eigenvalue weighted by Gasteiger charge is 2.18. The van der Waals surface area contributed by atoms with Gasteiger partial charge in [-0.15, -0.1) is 19.7 Å². The molecule has 0 fully saturated rings. The summed E-state index contributed by atoms with van der Waals surface area (Å²) >= 11 is 0. The molecule has 3 rings (SSSR count). The minimum Gasteiger partial charge on any atom is -0.222 e. The summed E-state index contributed by atoms with van der Waals surface area (Å²) in [7, 11) is -4.94. The minimum absolute atomic E-state index is 0.760. The van der Waals surface area contributed by atoms with E-state index < -0.39 is 10.2 Å². The van der Waals surface area contributed by atoms with Gasteiger partial charge in [0.2, 0.25) is 5.65 Å². The number of hydrogen-bond donors (Lipinski definition) is 0. The van der Waals surface area contributed by atoms with Crippen molar-refractivity contribution in [3.05, 3.63) is 40.8 Å². The quantitative estimate of drug-likeness (QED) is 0.404. The predicted molar refractivity (Wildman–Crippen MR) is 65.1 cm³/mol. The third-order valence-electron chi connectivity index (χ3n) is 3.01. The summed E-state index contributed by atoms with van der Waals surface area (Å²) in [5, 5.41) is 4.55. The van der Waals surface area contributed by atoms with Crippen LogP contribution in [-0.4, -0.2) is 14.6 Å². The summed E-state index contributed by atoms with van der Waals surface area (Å²) in [6, 6.07) is 6.34. The first-order valence-electron chi connectivity index (χ1n) is 6.34. The molecular formula is C13H15ClN4O4. The average Bonchev–Trinajstić information content (AvgIpc) is 2.65. The molecule has 0 N–H and O–H groups in total. The number of nitrogens with zero attached hydrogens (tertiary/aromatic N) is 4. The monoisotopic (exact) mass is 326 g/mol. The molecule has 0 aromatic carbocycles. The van der Waals surface area contributed by atoms with E-state index in [1.165, 1.54) is 5.56 Å². The maximum atomic E-state index is 8.49. The van der Waals surface area contributed by atoms with Gasteiger partial charge < -0.3 is 0 Å². The normalized spacial score (nSPS) is 11.6. The van der Waals surface area contributed by atoms with Crippen LogP contribution in [0.1, 0.15) is 22.6 Å². The molecule has 0 saturated carbocycles. The zero-order valence-corrected chi connectivity index (χ0v) is 13.3. The summed E-state index contributed by atoms with van der Waals surface area (Å²) in [6.07, 6.45) is 0. The lowest BCUT2D eigenvalue weighted by molar-refractivity contribution is -2.00. The first-order chi connectivity index (χ1) is 10.1. The second-order valence-corrected chi connectivity index (χ2v) is 5.75. The highest BCUT2D eigenvalue weighted by atomic mass is 35.7. The zero-order chi connectivity index (χ0) is 16.7. The fourth-order valence-electron chi connectivity index (χ4n) is 2.37. The van der Waals surface area contributed by atoms with Crippen molar-refractivity contribution in [2.75, 3.05) is 0 Å². The SMILES string of the molecule is Cc1cc(C)n2nc3nc(C)cc(C)[n+]3c2c1.[O-][Cl+3]([O-])([O-])[O-]. The Hall–Kier alpha value is -1.84. The molecule has 0 atom stereocenters. The van der Waals surface area contributed by atoms with Crippen molar-refractivity contribution in [1.29, 1.82) is 0 Å². The van der Waals surface area contributed by atoms with Gasteiger partial charge in [-0.25, -0.2) is 18.6 Å². The van der Waals surface area contributed by atoms with E-state index in [9.17, 15) is 0 Å². The van der Waals surface area contributed by atoms with Crippen LogP contribution in [0.5, 0.6) is 0 Å². The molecule has 0 spiro atoms. The van der Waals surface area contributed by atoms with Crippen LogP contribution >= 0.6 is 0 Å². The number of aryl methyl sites for hydroxylation is 4. The van der Waals surface area contributed by atoms with Gasteiger partial charge in [-0.05, 0) is 39.3 Å². The van der Waals surface area contributed by atoms with E-state index in [0.29, 0.717) is 0 Å². The Kier molecular flexibility index (Phi) is 4.32. The molecule has 3 aromatic rings. The molecule has 0 radical (unpaired) electrons. The van der Waals surface area contributed by atoms with E-state index in [0.717, 1.165) is 28.5 Å². The largest absolute Gasteiger partial charge is 0.420 e. The highest BCUT2D eigenvalue weighted by molar-refractivity contribution is 5.41. The summed E-state index contributed by atoms with van der Waals surface area (Å²) in [6.45, 7) is 8.24. The van der Waals surface area contributed by atoms with Gasteiger partial charge in [-0.2, -0.15) is 4.40 Å². The molecule has 0 aliphatic heterocycles. The van der Waals surface area contributed by atoms with Crippen LogP contribution in [0.2, 0.25) is 0 Å². The predicted octanol–water partition coefficient (Wildman–Crippen LogP) is -3.05. The van der Waals surface area contributed by atoms with E-state index in [4.69, 9.17) is 18.6 Å². The van der Waals surface area contributed by atoms with Gasteiger partial charge in [-0.1, -0.05) is 0 Å². The van der Waals surface area contributed by atoms with Gasteiger partial charge in [0.1, 0.15) is 5.69 Å². The summed E-state index contributed by atoms with van der Waals surface area (Å²) in [5.74, 6) is 0.760. The van der Waals surface area contributed by atoms with Crippen LogP contribution in [0.25, 0.3) is 11.4 Å². The molecule has 0 unspecified atom stereocenters. The van der Waals surface area contributed by atoms with Crippen LogP contribution < -0.4 is 23.0 Å². The summed E-state index contributed by atoms with van der Waals surface area (Å²) in [4.78, 5) is 4.48. The van der Waals surface area contributed by atoms with Crippen molar-refractivity contribution < 1.29 is 33.3 Å². The zero-order valence-electron chi connectivity index (χ0n) is 12.5. The van der Waals surface area contributed by atoms with Gasteiger partial charge in [0.25, 0.3) is 0 Å². The topological polar surface area (TPSA) is 127 Å². The van der Waals surface area contributed by atoms with Crippen molar-refractivity contribution in [3.8, 4) is 0 Å². The summed E-state index contributed by atoms with van der Waals surface area (Å²) in [5.41, 5.74) is 5.60. The Morgan fingerprint density at radius 2 is 1.59 bits per heavy atom. The smallest absolute Gasteiger partial charge is 0.222 e. The molecule has 8 nitrogen and oxygen atoms in total. The molecule has 118 valence electrons. The Morgan fingerprint density at radius 1 is 1.00 bits per heavy atom. The van der Waals surface area contributed by atoms with Crippen molar-refractivity contribution in [3.63, 3.8) is 0 Å². The highest BCUT2D eigenvalue weighted by Crippen LogP contribution is 2.09. The lowest BCUT2D eigenvalue weighted by Crippen LogP contribution is -2.68. The van der Waals surface area contributed by atoms with Crippen molar-refractivity contribution in [1.82, 2.24) is 14.6 Å². The molecule has 0 amide bonds. The van der Waals surface area contributed by atoms with E-state index in [1.807, 2.05) is 11.4 Å².